The van der Waals surface area contributed by atoms with Crippen molar-refractivity contribution in [3.63, 3.8) is 0 Å². The summed E-state index contributed by atoms with van der Waals surface area (Å²) in [6.07, 6.45) is -5.02. The number of guanidine groups is 1. The van der Waals surface area contributed by atoms with E-state index in [1.807, 2.05) is 31.2 Å². The fourth-order valence-electron chi connectivity index (χ4n) is 1.74. The van der Waals surface area contributed by atoms with E-state index >= 15 is 0 Å². The summed E-state index contributed by atoms with van der Waals surface area (Å²) in [5.74, 6) is 0.454. The Balaban J connectivity index is 2.51. The Morgan fingerprint density at radius 1 is 1.25 bits per heavy atom. The Hall–Kier alpha value is -1.72. The maximum absolute atomic E-state index is 12.1. The van der Waals surface area contributed by atoms with Crippen molar-refractivity contribution < 1.29 is 13.2 Å². The maximum atomic E-state index is 12.1. The van der Waals surface area contributed by atoms with Crippen molar-refractivity contribution in [2.24, 2.45) is 4.99 Å². The first-order valence-electron chi connectivity index (χ1n) is 6.36. The Morgan fingerprint density at radius 3 is 2.35 bits per heavy atom. The van der Waals surface area contributed by atoms with E-state index in [0.717, 1.165) is 5.56 Å². The number of benzene rings is 1. The number of rotatable bonds is 4. The number of aliphatic imine (C=N–C) groups is 1. The van der Waals surface area contributed by atoms with Crippen LogP contribution in [-0.2, 0) is 6.54 Å². The van der Waals surface area contributed by atoms with Gasteiger partial charge in [-0.1, -0.05) is 29.8 Å². The van der Waals surface area contributed by atoms with Crippen molar-refractivity contribution >= 4 is 5.96 Å². The molecular formula is C14H20F3N3. The second-order valence-corrected chi connectivity index (χ2v) is 4.68. The topological polar surface area (TPSA) is 27.6 Å². The van der Waals surface area contributed by atoms with Crippen LogP contribution in [0.4, 0.5) is 13.2 Å². The van der Waals surface area contributed by atoms with Gasteiger partial charge in [-0.2, -0.15) is 13.2 Å². The average molecular weight is 287 g/mol. The van der Waals surface area contributed by atoms with Crippen molar-refractivity contribution in [2.75, 3.05) is 20.6 Å². The number of nitrogens with zero attached hydrogens (tertiary/aromatic N) is 2. The molecule has 0 bridgehead atoms. The van der Waals surface area contributed by atoms with Gasteiger partial charge in [0.15, 0.2) is 5.96 Å². The zero-order valence-corrected chi connectivity index (χ0v) is 12.0. The van der Waals surface area contributed by atoms with Gasteiger partial charge in [-0.25, -0.2) is 0 Å². The molecule has 0 saturated heterocycles. The zero-order valence-electron chi connectivity index (χ0n) is 12.0. The van der Waals surface area contributed by atoms with Crippen LogP contribution in [0.15, 0.2) is 29.3 Å². The van der Waals surface area contributed by atoms with Gasteiger partial charge < -0.3 is 10.2 Å². The summed E-state index contributed by atoms with van der Waals surface area (Å²) in [7, 11) is 3.35. The Morgan fingerprint density at radius 2 is 1.85 bits per heavy atom. The molecule has 0 amide bonds. The van der Waals surface area contributed by atoms with Crippen molar-refractivity contribution in [3.05, 3.63) is 35.4 Å². The van der Waals surface area contributed by atoms with Crippen LogP contribution in [0.5, 0.6) is 0 Å². The molecule has 0 radical (unpaired) electrons. The third-order valence-corrected chi connectivity index (χ3v) is 2.81. The molecule has 1 N–H and O–H groups in total. The largest absolute Gasteiger partial charge is 0.390 e. The summed E-state index contributed by atoms with van der Waals surface area (Å²) in [5, 5.41) is 2.71. The molecular weight excluding hydrogens is 267 g/mol. The molecule has 1 aromatic rings. The van der Waals surface area contributed by atoms with Crippen LogP contribution < -0.4 is 5.32 Å². The molecule has 3 nitrogen and oxygen atoms in total. The Bertz CT molecular complexity index is 438. The quantitative estimate of drug-likeness (QED) is 0.681. The molecule has 0 aliphatic carbocycles. The minimum Gasteiger partial charge on any atom is -0.356 e. The van der Waals surface area contributed by atoms with Gasteiger partial charge in [0.05, 0.1) is 6.42 Å². The van der Waals surface area contributed by atoms with Crippen molar-refractivity contribution in [2.45, 2.75) is 26.1 Å². The molecule has 6 heteroatoms. The SMILES string of the molecule is CN=C(NCCC(F)(F)F)N(C)Cc1ccc(C)cc1. The van der Waals surface area contributed by atoms with Crippen LogP contribution >= 0.6 is 0 Å². The van der Waals surface area contributed by atoms with Gasteiger partial charge in [0, 0.05) is 27.2 Å². The fraction of sp³-hybridized carbons (Fsp3) is 0.500. The molecule has 0 heterocycles. The molecule has 112 valence electrons. The van der Waals surface area contributed by atoms with Crippen LogP contribution in [0.1, 0.15) is 17.5 Å². The van der Waals surface area contributed by atoms with E-state index in [9.17, 15) is 13.2 Å². The summed E-state index contributed by atoms with van der Waals surface area (Å²) in [6.45, 7) is 2.42. The summed E-state index contributed by atoms with van der Waals surface area (Å²) in [6, 6.07) is 8.00. The number of hydrogen-bond acceptors (Lipinski definition) is 1. The van der Waals surface area contributed by atoms with Crippen LogP contribution in [0, 0.1) is 6.92 Å². The number of nitrogens with one attached hydrogen (secondary N) is 1. The van der Waals surface area contributed by atoms with E-state index in [2.05, 4.69) is 10.3 Å². The average Bonchev–Trinajstić information content (AvgIpc) is 2.36. The van der Waals surface area contributed by atoms with Gasteiger partial charge in [-0.3, -0.25) is 4.99 Å². The first-order valence-corrected chi connectivity index (χ1v) is 6.36. The van der Waals surface area contributed by atoms with E-state index in [4.69, 9.17) is 0 Å². The van der Waals surface area contributed by atoms with Crippen LogP contribution in [0.25, 0.3) is 0 Å². The highest BCUT2D eigenvalue weighted by molar-refractivity contribution is 5.79. The number of halogens is 3. The van der Waals surface area contributed by atoms with E-state index in [0.29, 0.717) is 12.5 Å². The zero-order chi connectivity index (χ0) is 15.2. The lowest BCUT2D eigenvalue weighted by Crippen LogP contribution is -2.39. The lowest BCUT2D eigenvalue weighted by molar-refractivity contribution is -0.132. The van der Waals surface area contributed by atoms with E-state index < -0.39 is 12.6 Å². The smallest absolute Gasteiger partial charge is 0.356 e. The molecule has 0 saturated carbocycles. The molecule has 0 spiro atoms. The Labute approximate surface area is 117 Å². The minimum absolute atomic E-state index is 0.172. The highest BCUT2D eigenvalue weighted by Crippen LogP contribution is 2.18. The van der Waals surface area contributed by atoms with Gasteiger partial charge in [0.2, 0.25) is 0 Å². The van der Waals surface area contributed by atoms with Gasteiger partial charge in [0.25, 0.3) is 0 Å². The molecule has 1 rings (SSSR count). The number of alkyl halides is 3. The number of hydrogen-bond donors (Lipinski definition) is 1. The summed E-state index contributed by atoms with van der Waals surface area (Å²) in [4.78, 5) is 5.78. The van der Waals surface area contributed by atoms with E-state index in [1.54, 1.807) is 19.0 Å². The Kier molecular flexibility index (Phi) is 5.85. The molecule has 0 atom stereocenters. The lowest BCUT2D eigenvalue weighted by Gasteiger charge is -2.22. The highest BCUT2D eigenvalue weighted by atomic mass is 19.4. The molecule has 0 aliphatic rings. The summed E-state index contributed by atoms with van der Waals surface area (Å²) >= 11 is 0. The standard InChI is InChI=1S/C14H20F3N3/c1-11-4-6-12(7-5-11)10-20(3)13(18-2)19-9-8-14(15,16)17/h4-7H,8-10H2,1-3H3,(H,18,19). The van der Waals surface area contributed by atoms with E-state index in [1.165, 1.54) is 5.56 Å². The van der Waals surface area contributed by atoms with Gasteiger partial charge in [0.1, 0.15) is 0 Å². The molecule has 0 fully saturated rings. The second-order valence-electron chi connectivity index (χ2n) is 4.68. The molecule has 0 aromatic heterocycles. The normalized spacial score (nSPS) is 12.4. The monoisotopic (exact) mass is 287 g/mol. The summed E-state index contributed by atoms with van der Waals surface area (Å²) < 4.78 is 36.3. The third-order valence-electron chi connectivity index (χ3n) is 2.81. The number of aryl methyl sites for hydroxylation is 1. The third kappa shape index (κ3) is 5.95. The molecule has 0 aliphatic heterocycles. The van der Waals surface area contributed by atoms with E-state index in [-0.39, 0.29) is 6.54 Å². The van der Waals surface area contributed by atoms with Gasteiger partial charge in [-0.05, 0) is 12.5 Å². The maximum Gasteiger partial charge on any atom is 0.390 e. The summed E-state index contributed by atoms with van der Waals surface area (Å²) in [5.41, 5.74) is 2.25. The van der Waals surface area contributed by atoms with Crippen molar-refractivity contribution in [1.82, 2.24) is 10.2 Å². The fourth-order valence-corrected chi connectivity index (χ4v) is 1.74. The molecule has 1 aromatic carbocycles. The van der Waals surface area contributed by atoms with Gasteiger partial charge >= 0.3 is 6.18 Å². The molecule has 0 unspecified atom stereocenters. The molecule has 20 heavy (non-hydrogen) atoms. The first kappa shape index (κ1) is 16.3. The predicted molar refractivity (Wildman–Crippen MR) is 74.7 cm³/mol. The van der Waals surface area contributed by atoms with Crippen LogP contribution in [0.3, 0.4) is 0 Å². The van der Waals surface area contributed by atoms with Gasteiger partial charge in [-0.15, -0.1) is 0 Å². The minimum atomic E-state index is -4.15. The van der Waals surface area contributed by atoms with Crippen molar-refractivity contribution in [3.8, 4) is 0 Å². The van der Waals surface area contributed by atoms with Crippen LogP contribution in [0.2, 0.25) is 0 Å². The first-order chi connectivity index (χ1) is 9.31. The second kappa shape index (κ2) is 7.17. The highest BCUT2D eigenvalue weighted by Gasteiger charge is 2.26. The van der Waals surface area contributed by atoms with Crippen LogP contribution in [-0.4, -0.2) is 37.7 Å². The lowest BCUT2D eigenvalue weighted by atomic mass is 10.1. The van der Waals surface area contributed by atoms with Crippen molar-refractivity contribution in [1.29, 1.82) is 0 Å². The predicted octanol–water partition coefficient (Wildman–Crippen LogP) is 2.95.